The summed E-state index contributed by atoms with van der Waals surface area (Å²) in [7, 11) is 1.97. The largest absolute Gasteiger partial charge is 0.319 e. The quantitative estimate of drug-likeness (QED) is 0.624. The standard InChI is InChI=1S/C14H27N3S/c1-3-4-5-6-7-8-9-10-13-16-17-14(18-13)11-12-15-2/h15H,3-12H2,1-2H3. The maximum absolute atomic E-state index is 4.26. The molecule has 1 rings (SSSR count). The van der Waals surface area contributed by atoms with E-state index in [1.807, 2.05) is 7.05 Å². The Kier molecular flexibility index (Phi) is 9.04. The summed E-state index contributed by atoms with van der Waals surface area (Å²) in [4.78, 5) is 0. The predicted octanol–water partition coefficient (Wildman–Crippen LogP) is 3.59. The number of aryl methyl sites for hydroxylation is 1. The average Bonchev–Trinajstić information content (AvgIpc) is 2.83. The number of hydrogen-bond acceptors (Lipinski definition) is 4. The molecule has 4 heteroatoms. The van der Waals surface area contributed by atoms with Gasteiger partial charge in [-0.05, 0) is 13.5 Å². The molecule has 0 bridgehead atoms. The third-order valence-corrected chi connectivity index (χ3v) is 4.13. The summed E-state index contributed by atoms with van der Waals surface area (Å²) in [6.45, 7) is 3.26. The monoisotopic (exact) mass is 269 g/mol. The van der Waals surface area contributed by atoms with Gasteiger partial charge in [0.05, 0.1) is 0 Å². The van der Waals surface area contributed by atoms with Crippen LogP contribution in [-0.4, -0.2) is 23.8 Å². The summed E-state index contributed by atoms with van der Waals surface area (Å²) < 4.78 is 0. The highest BCUT2D eigenvalue weighted by Crippen LogP contribution is 2.14. The molecule has 0 spiro atoms. The minimum Gasteiger partial charge on any atom is -0.319 e. The summed E-state index contributed by atoms with van der Waals surface area (Å²) in [5.41, 5.74) is 0. The number of aromatic nitrogens is 2. The van der Waals surface area contributed by atoms with Crippen LogP contribution in [0, 0.1) is 0 Å². The highest BCUT2D eigenvalue weighted by molar-refractivity contribution is 7.11. The van der Waals surface area contributed by atoms with E-state index in [0.717, 1.165) is 19.4 Å². The molecule has 0 radical (unpaired) electrons. The van der Waals surface area contributed by atoms with Gasteiger partial charge in [-0.25, -0.2) is 0 Å². The number of unbranched alkanes of at least 4 members (excludes halogenated alkanes) is 6. The van der Waals surface area contributed by atoms with Crippen LogP contribution >= 0.6 is 11.3 Å². The van der Waals surface area contributed by atoms with Gasteiger partial charge in [-0.15, -0.1) is 21.5 Å². The van der Waals surface area contributed by atoms with Gasteiger partial charge in [-0.3, -0.25) is 0 Å². The van der Waals surface area contributed by atoms with Gasteiger partial charge >= 0.3 is 0 Å². The van der Waals surface area contributed by atoms with Crippen LogP contribution in [0.2, 0.25) is 0 Å². The van der Waals surface area contributed by atoms with E-state index < -0.39 is 0 Å². The summed E-state index contributed by atoms with van der Waals surface area (Å²) in [5.74, 6) is 0. The third kappa shape index (κ3) is 7.07. The molecule has 1 heterocycles. The van der Waals surface area contributed by atoms with E-state index in [0.29, 0.717) is 0 Å². The van der Waals surface area contributed by atoms with Gasteiger partial charge in [0.25, 0.3) is 0 Å². The van der Waals surface area contributed by atoms with Gasteiger partial charge < -0.3 is 5.32 Å². The predicted molar refractivity (Wildman–Crippen MR) is 79.2 cm³/mol. The summed E-state index contributed by atoms with van der Waals surface area (Å²) in [6, 6.07) is 0. The molecule has 0 aromatic carbocycles. The lowest BCUT2D eigenvalue weighted by atomic mass is 10.1. The maximum atomic E-state index is 4.26. The topological polar surface area (TPSA) is 37.8 Å². The first-order valence-corrected chi connectivity index (χ1v) is 8.14. The van der Waals surface area contributed by atoms with Crippen molar-refractivity contribution in [1.82, 2.24) is 15.5 Å². The molecule has 1 aromatic rings. The molecular weight excluding hydrogens is 242 g/mol. The normalized spacial score (nSPS) is 11.0. The van der Waals surface area contributed by atoms with Crippen molar-refractivity contribution >= 4 is 11.3 Å². The number of likely N-dealkylation sites (N-methyl/N-ethyl adjacent to an activating group) is 1. The first-order chi connectivity index (χ1) is 8.86. The molecule has 18 heavy (non-hydrogen) atoms. The zero-order valence-electron chi connectivity index (χ0n) is 11.9. The number of rotatable bonds is 11. The molecule has 0 aliphatic carbocycles. The van der Waals surface area contributed by atoms with Gasteiger partial charge in [0.15, 0.2) is 0 Å². The summed E-state index contributed by atoms with van der Waals surface area (Å²) >= 11 is 1.78. The van der Waals surface area contributed by atoms with Crippen molar-refractivity contribution in [2.45, 2.75) is 64.7 Å². The average molecular weight is 269 g/mol. The highest BCUT2D eigenvalue weighted by atomic mass is 32.1. The second kappa shape index (κ2) is 10.4. The maximum Gasteiger partial charge on any atom is 0.118 e. The number of nitrogens with one attached hydrogen (secondary N) is 1. The van der Waals surface area contributed by atoms with Crippen molar-refractivity contribution in [3.05, 3.63) is 10.0 Å². The van der Waals surface area contributed by atoms with Crippen molar-refractivity contribution < 1.29 is 0 Å². The second-order valence-corrected chi connectivity index (χ2v) is 5.96. The minimum absolute atomic E-state index is 0.992. The minimum atomic E-state index is 0.992. The lowest BCUT2D eigenvalue weighted by molar-refractivity contribution is 0.588. The Hall–Kier alpha value is -0.480. The molecule has 0 aliphatic heterocycles. The van der Waals surface area contributed by atoms with Crippen molar-refractivity contribution in [3.8, 4) is 0 Å². The van der Waals surface area contributed by atoms with Gasteiger partial charge in [0.2, 0.25) is 0 Å². The Morgan fingerprint density at radius 1 is 0.889 bits per heavy atom. The van der Waals surface area contributed by atoms with Crippen molar-refractivity contribution in [1.29, 1.82) is 0 Å². The van der Waals surface area contributed by atoms with Crippen LogP contribution in [0.4, 0.5) is 0 Å². The van der Waals surface area contributed by atoms with Crippen LogP contribution in [0.3, 0.4) is 0 Å². The molecule has 0 fully saturated rings. The van der Waals surface area contributed by atoms with Gasteiger partial charge in [-0.1, -0.05) is 45.4 Å². The molecular formula is C14H27N3S. The van der Waals surface area contributed by atoms with Gasteiger partial charge in [0.1, 0.15) is 10.0 Å². The zero-order valence-corrected chi connectivity index (χ0v) is 12.7. The molecule has 104 valence electrons. The molecule has 1 aromatic heterocycles. The van der Waals surface area contributed by atoms with E-state index in [-0.39, 0.29) is 0 Å². The lowest BCUT2D eigenvalue weighted by Gasteiger charge is -1.99. The van der Waals surface area contributed by atoms with Crippen LogP contribution in [0.25, 0.3) is 0 Å². The Bertz CT molecular complexity index is 299. The fourth-order valence-electron chi connectivity index (χ4n) is 1.96. The highest BCUT2D eigenvalue weighted by Gasteiger charge is 2.03. The van der Waals surface area contributed by atoms with Crippen molar-refractivity contribution in [2.75, 3.05) is 13.6 Å². The third-order valence-electron chi connectivity index (χ3n) is 3.09. The molecule has 3 nitrogen and oxygen atoms in total. The molecule has 0 atom stereocenters. The van der Waals surface area contributed by atoms with Crippen LogP contribution in [0.5, 0.6) is 0 Å². The van der Waals surface area contributed by atoms with E-state index in [1.165, 1.54) is 55.0 Å². The SMILES string of the molecule is CCCCCCCCCc1nnc(CCNC)s1. The fraction of sp³-hybridized carbons (Fsp3) is 0.857. The van der Waals surface area contributed by atoms with Gasteiger partial charge in [-0.2, -0.15) is 0 Å². The Balaban J connectivity index is 2.03. The first-order valence-electron chi connectivity index (χ1n) is 7.32. The van der Waals surface area contributed by atoms with E-state index in [2.05, 4.69) is 22.4 Å². The molecule has 1 N–H and O–H groups in total. The van der Waals surface area contributed by atoms with Crippen molar-refractivity contribution in [3.63, 3.8) is 0 Å². The van der Waals surface area contributed by atoms with Crippen molar-refractivity contribution in [2.24, 2.45) is 0 Å². The smallest absolute Gasteiger partial charge is 0.118 e. The second-order valence-electron chi connectivity index (χ2n) is 4.81. The van der Waals surface area contributed by atoms with Gasteiger partial charge in [0, 0.05) is 19.4 Å². The Morgan fingerprint density at radius 2 is 1.50 bits per heavy atom. The molecule has 0 aliphatic rings. The van der Waals surface area contributed by atoms with E-state index in [4.69, 9.17) is 0 Å². The number of nitrogens with zero attached hydrogens (tertiary/aromatic N) is 2. The van der Waals surface area contributed by atoms with Crippen LogP contribution in [-0.2, 0) is 12.8 Å². The molecule has 0 amide bonds. The van der Waals surface area contributed by atoms with E-state index in [9.17, 15) is 0 Å². The van der Waals surface area contributed by atoms with E-state index in [1.54, 1.807) is 11.3 Å². The zero-order chi connectivity index (χ0) is 13.1. The Morgan fingerprint density at radius 3 is 2.17 bits per heavy atom. The van der Waals surface area contributed by atoms with Crippen LogP contribution < -0.4 is 5.32 Å². The lowest BCUT2D eigenvalue weighted by Crippen LogP contribution is -2.09. The first kappa shape index (κ1) is 15.6. The van der Waals surface area contributed by atoms with E-state index >= 15 is 0 Å². The van der Waals surface area contributed by atoms with Crippen LogP contribution in [0.15, 0.2) is 0 Å². The summed E-state index contributed by atoms with van der Waals surface area (Å²) in [6.07, 6.45) is 11.6. The molecule has 0 unspecified atom stereocenters. The fourth-order valence-corrected chi connectivity index (χ4v) is 2.84. The molecule has 0 saturated heterocycles. The summed E-state index contributed by atoms with van der Waals surface area (Å²) in [5, 5.41) is 14.0. The molecule has 0 saturated carbocycles. The van der Waals surface area contributed by atoms with Crippen LogP contribution in [0.1, 0.15) is 61.9 Å². The Labute approximate surface area is 115 Å². The number of hydrogen-bond donors (Lipinski definition) is 1.